The summed E-state index contributed by atoms with van der Waals surface area (Å²) >= 11 is 0. The number of anilines is 1. The summed E-state index contributed by atoms with van der Waals surface area (Å²) in [5, 5.41) is 16.6. The van der Waals surface area contributed by atoms with Crippen LogP contribution >= 0.6 is 0 Å². The van der Waals surface area contributed by atoms with Crippen LogP contribution in [0.25, 0.3) is 5.69 Å². The van der Waals surface area contributed by atoms with E-state index in [1.165, 1.54) is 10.9 Å². The third kappa shape index (κ3) is 1.31. The molecule has 0 unspecified atom stereocenters. The summed E-state index contributed by atoms with van der Waals surface area (Å²) in [6, 6.07) is 6.64. The van der Waals surface area contributed by atoms with Gasteiger partial charge in [0.2, 0.25) is 0 Å². The van der Waals surface area contributed by atoms with Crippen molar-refractivity contribution < 1.29 is 5.11 Å². The molecule has 1 aromatic heterocycles. The van der Waals surface area contributed by atoms with Gasteiger partial charge in [-0.15, -0.1) is 5.10 Å². The van der Waals surface area contributed by atoms with Crippen LogP contribution in [0, 0.1) is 0 Å². The Morgan fingerprint density at radius 2 is 2.23 bits per heavy atom. The Labute approximate surface area is 74.4 Å². The van der Waals surface area contributed by atoms with Gasteiger partial charge in [0.1, 0.15) is 11.6 Å². The van der Waals surface area contributed by atoms with Crippen LogP contribution < -0.4 is 5.73 Å². The number of phenolic OH excluding ortho intramolecular Hbond substituents is 1. The van der Waals surface area contributed by atoms with Gasteiger partial charge < -0.3 is 10.8 Å². The summed E-state index contributed by atoms with van der Waals surface area (Å²) in [7, 11) is 0. The summed E-state index contributed by atoms with van der Waals surface area (Å²) in [5.74, 6) is 0.609. The topological polar surface area (TPSA) is 77.0 Å². The molecule has 2 aromatic rings. The summed E-state index contributed by atoms with van der Waals surface area (Å²) in [6.07, 6.45) is 1.45. The van der Waals surface area contributed by atoms with Crippen LogP contribution in [0.1, 0.15) is 0 Å². The van der Waals surface area contributed by atoms with E-state index in [9.17, 15) is 5.11 Å². The van der Waals surface area contributed by atoms with Crippen LogP contribution in [0.2, 0.25) is 0 Å². The lowest BCUT2D eigenvalue weighted by atomic mass is 10.3. The lowest BCUT2D eigenvalue weighted by molar-refractivity contribution is 0.475. The zero-order chi connectivity index (χ0) is 9.26. The second-order valence-corrected chi connectivity index (χ2v) is 2.59. The Bertz CT molecular complexity index is 424. The Morgan fingerprint density at radius 1 is 1.38 bits per heavy atom. The smallest absolute Gasteiger partial charge is 0.147 e. The third-order valence-electron chi connectivity index (χ3n) is 1.65. The van der Waals surface area contributed by atoms with Gasteiger partial charge in [0.15, 0.2) is 0 Å². The van der Waals surface area contributed by atoms with E-state index in [1.54, 1.807) is 24.3 Å². The first-order valence-electron chi connectivity index (χ1n) is 3.73. The quantitative estimate of drug-likeness (QED) is 0.665. The van der Waals surface area contributed by atoms with Crippen molar-refractivity contribution in [2.45, 2.75) is 0 Å². The molecule has 13 heavy (non-hydrogen) atoms. The molecule has 3 N–H and O–H groups in total. The van der Waals surface area contributed by atoms with E-state index in [4.69, 9.17) is 5.73 Å². The van der Waals surface area contributed by atoms with Crippen LogP contribution in [0.5, 0.6) is 5.75 Å². The number of phenols is 1. The number of nitrogen functional groups attached to an aromatic ring is 1. The van der Waals surface area contributed by atoms with E-state index in [1.807, 2.05) is 0 Å². The molecule has 66 valence electrons. The molecule has 0 aliphatic carbocycles. The number of nitrogens with zero attached hydrogens (tertiary/aromatic N) is 3. The van der Waals surface area contributed by atoms with Crippen LogP contribution in [0.15, 0.2) is 30.5 Å². The fourth-order valence-electron chi connectivity index (χ4n) is 1.07. The van der Waals surface area contributed by atoms with Crippen molar-refractivity contribution in [3.8, 4) is 11.4 Å². The minimum atomic E-state index is 0.174. The summed E-state index contributed by atoms with van der Waals surface area (Å²) in [4.78, 5) is 0. The molecule has 0 aliphatic rings. The number of hydrogen-bond donors (Lipinski definition) is 2. The van der Waals surface area contributed by atoms with Crippen LogP contribution in [-0.2, 0) is 0 Å². The van der Waals surface area contributed by atoms with Crippen LogP contribution in [0.3, 0.4) is 0 Å². The van der Waals surface area contributed by atoms with Gasteiger partial charge in [-0.25, -0.2) is 0 Å². The number of nitrogens with two attached hydrogens (primary N) is 1. The van der Waals surface area contributed by atoms with Gasteiger partial charge in [-0.1, -0.05) is 11.3 Å². The highest BCUT2D eigenvalue weighted by Gasteiger charge is 2.01. The molecule has 0 saturated heterocycles. The number of rotatable bonds is 1. The van der Waals surface area contributed by atoms with Gasteiger partial charge in [-0.3, -0.25) is 0 Å². The molecule has 0 radical (unpaired) electrons. The molecule has 2 rings (SSSR count). The standard InChI is InChI=1S/C8H8N4O/c9-8-5-10-11-12(8)6-2-1-3-7(13)4-6/h1-5,13H,9H2. The second-order valence-electron chi connectivity index (χ2n) is 2.59. The lowest BCUT2D eigenvalue weighted by Crippen LogP contribution is -2.01. The van der Waals surface area contributed by atoms with E-state index in [-0.39, 0.29) is 5.75 Å². The predicted octanol–water partition coefficient (Wildman–Crippen LogP) is 0.555. The van der Waals surface area contributed by atoms with E-state index in [0.717, 1.165) is 0 Å². The number of aromatic nitrogens is 3. The molecule has 0 bridgehead atoms. The monoisotopic (exact) mass is 176 g/mol. The van der Waals surface area contributed by atoms with Crippen LogP contribution in [0.4, 0.5) is 5.82 Å². The molecular formula is C8H8N4O. The van der Waals surface area contributed by atoms with E-state index >= 15 is 0 Å². The summed E-state index contributed by atoms with van der Waals surface area (Å²) in [6.45, 7) is 0. The fourth-order valence-corrected chi connectivity index (χ4v) is 1.07. The van der Waals surface area contributed by atoms with E-state index in [0.29, 0.717) is 11.5 Å². The first-order chi connectivity index (χ1) is 6.27. The molecule has 1 aromatic carbocycles. The Morgan fingerprint density at radius 3 is 2.85 bits per heavy atom. The Hall–Kier alpha value is -2.04. The normalized spacial score (nSPS) is 10.2. The molecular weight excluding hydrogens is 168 g/mol. The average Bonchev–Trinajstić information content (AvgIpc) is 2.51. The summed E-state index contributed by atoms with van der Waals surface area (Å²) in [5.41, 5.74) is 6.27. The number of hydrogen-bond acceptors (Lipinski definition) is 4. The van der Waals surface area contributed by atoms with Crippen molar-refractivity contribution in [3.05, 3.63) is 30.5 Å². The van der Waals surface area contributed by atoms with Gasteiger partial charge in [-0.2, -0.15) is 4.68 Å². The van der Waals surface area contributed by atoms with Crippen molar-refractivity contribution in [2.24, 2.45) is 0 Å². The minimum absolute atomic E-state index is 0.174. The molecule has 0 atom stereocenters. The third-order valence-corrected chi connectivity index (χ3v) is 1.65. The maximum absolute atomic E-state index is 9.20. The van der Waals surface area contributed by atoms with Crippen molar-refractivity contribution in [3.63, 3.8) is 0 Å². The lowest BCUT2D eigenvalue weighted by Gasteiger charge is -2.01. The molecule has 1 heterocycles. The average molecular weight is 176 g/mol. The molecule has 0 spiro atoms. The predicted molar refractivity (Wildman–Crippen MR) is 47.4 cm³/mol. The minimum Gasteiger partial charge on any atom is -0.508 e. The van der Waals surface area contributed by atoms with Crippen molar-refractivity contribution >= 4 is 5.82 Å². The Kier molecular flexibility index (Phi) is 1.63. The van der Waals surface area contributed by atoms with Crippen LogP contribution in [-0.4, -0.2) is 20.1 Å². The SMILES string of the molecule is Nc1cnnn1-c1cccc(O)c1. The first kappa shape index (κ1) is 7.60. The van der Waals surface area contributed by atoms with Crippen molar-refractivity contribution in [2.75, 3.05) is 5.73 Å². The molecule has 0 saturated carbocycles. The maximum Gasteiger partial charge on any atom is 0.147 e. The second kappa shape index (κ2) is 2.78. The van der Waals surface area contributed by atoms with Crippen molar-refractivity contribution in [1.82, 2.24) is 15.0 Å². The fraction of sp³-hybridized carbons (Fsp3) is 0. The molecule has 0 fully saturated rings. The molecule has 0 aliphatic heterocycles. The maximum atomic E-state index is 9.20. The van der Waals surface area contributed by atoms with Gasteiger partial charge >= 0.3 is 0 Å². The van der Waals surface area contributed by atoms with Gasteiger partial charge in [0.25, 0.3) is 0 Å². The highest BCUT2D eigenvalue weighted by Crippen LogP contribution is 2.15. The van der Waals surface area contributed by atoms with Gasteiger partial charge in [-0.05, 0) is 12.1 Å². The first-order valence-corrected chi connectivity index (χ1v) is 3.73. The number of aromatic hydroxyl groups is 1. The largest absolute Gasteiger partial charge is 0.508 e. The highest BCUT2D eigenvalue weighted by atomic mass is 16.3. The molecule has 5 nitrogen and oxygen atoms in total. The molecule has 0 amide bonds. The number of benzene rings is 1. The Balaban J connectivity index is 2.53. The van der Waals surface area contributed by atoms with Crippen molar-refractivity contribution in [1.29, 1.82) is 0 Å². The molecule has 5 heteroatoms. The van der Waals surface area contributed by atoms with E-state index in [2.05, 4.69) is 10.3 Å². The zero-order valence-electron chi connectivity index (χ0n) is 6.75. The highest BCUT2D eigenvalue weighted by molar-refractivity contribution is 5.43. The van der Waals surface area contributed by atoms with Gasteiger partial charge in [0, 0.05) is 6.07 Å². The summed E-state index contributed by atoms with van der Waals surface area (Å²) < 4.78 is 1.44. The zero-order valence-corrected chi connectivity index (χ0v) is 6.75. The van der Waals surface area contributed by atoms with E-state index < -0.39 is 0 Å². The van der Waals surface area contributed by atoms with Gasteiger partial charge in [0.05, 0.1) is 11.9 Å².